The van der Waals surface area contributed by atoms with Crippen LogP contribution in [0.5, 0.6) is 5.75 Å². The third kappa shape index (κ3) is 4.07. The number of aromatic nitrogens is 3. The van der Waals surface area contributed by atoms with Crippen molar-refractivity contribution < 1.29 is 9.53 Å². The minimum atomic E-state index is -0.326. The molecule has 32 heavy (non-hydrogen) atoms. The number of nitrogen functional groups attached to an aromatic ring is 1. The number of carbonyl (C=O) groups excluding carboxylic acids is 1. The number of hydrogen-bond donors (Lipinski definition) is 3. The summed E-state index contributed by atoms with van der Waals surface area (Å²) >= 11 is 0. The SMILES string of the molecule is CCCc1c(C)n(-c2ccc(NC(=O)Nc3ccc(OC)cc3)cc2)c2c(N)ncnc12. The molecule has 0 saturated carbocycles. The maximum atomic E-state index is 12.3. The molecule has 4 aromatic rings. The van der Waals surface area contributed by atoms with Gasteiger partial charge in [0.25, 0.3) is 0 Å². The zero-order valence-corrected chi connectivity index (χ0v) is 18.3. The van der Waals surface area contributed by atoms with Crippen molar-refractivity contribution in [3.05, 3.63) is 66.1 Å². The molecule has 0 spiro atoms. The van der Waals surface area contributed by atoms with Crippen LogP contribution in [-0.2, 0) is 6.42 Å². The fourth-order valence-electron chi connectivity index (χ4n) is 3.84. The van der Waals surface area contributed by atoms with Crippen LogP contribution in [0.15, 0.2) is 54.9 Å². The van der Waals surface area contributed by atoms with E-state index in [9.17, 15) is 4.79 Å². The second-order valence-electron chi connectivity index (χ2n) is 7.46. The zero-order chi connectivity index (χ0) is 22.7. The number of nitrogens with two attached hydrogens (primary N) is 1. The lowest BCUT2D eigenvalue weighted by Gasteiger charge is -2.12. The van der Waals surface area contributed by atoms with Gasteiger partial charge in [-0.2, -0.15) is 0 Å². The molecule has 2 aromatic heterocycles. The van der Waals surface area contributed by atoms with Crippen molar-refractivity contribution in [2.45, 2.75) is 26.7 Å². The van der Waals surface area contributed by atoms with Gasteiger partial charge in [-0.25, -0.2) is 14.8 Å². The molecule has 8 nitrogen and oxygen atoms in total. The van der Waals surface area contributed by atoms with Gasteiger partial charge < -0.3 is 25.7 Å². The molecule has 0 radical (unpaired) electrons. The zero-order valence-electron chi connectivity index (χ0n) is 18.3. The Hall–Kier alpha value is -4.07. The van der Waals surface area contributed by atoms with Crippen molar-refractivity contribution in [3.63, 3.8) is 0 Å². The van der Waals surface area contributed by atoms with Crippen LogP contribution in [0.3, 0.4) is 0 Å². The highest BCUT2D eigenvalue weighted by Crippen LogP contribution is 2.31. The van der Waals surface area contributed by atoms with Gasteiger partial charge in [-0.1, -0.05) is 13.3 Å². The first kappa shape index (κ1) is 21.2. The minimum absolute atomic E-state index is 0.326. The van der Waals surface area contributed by atoms with E-state index in [1.54, 1.807) is 31.4 Å². The summed E-state index contributed by atoms with van der Waals surface area (Å²) < 4.78 is 7.21. The Kier molecular flexibility index (Phi) is 5.93. The number of rotatable bonds is 6. The summed E-state index contributed by atoms with van der Waals surface area (Å²) in [7, 11) is 1.60. The molecule has 0 bridgehead atoms. The van der Waals surface area contributed by atoms with E-state index in [2.05, 4.69) is 39.0 Å². The number of benzene rings is 2. The van der Waals surface area contributed by atoms with E-state index in [4.69, 9.17) is 10.5 Å². The number of anilines is 3. The number of nitrogens with zero attached hydrogens (tertiary/aromatic N) is 3. The van der Waals surface area contributed by atoms with E-state index in [-0.39, 0.29) is 6.03 Å². The Balaban J connectivity index is 1.57. The Bertz CT molecular complexity index is 1250. The van der Waals surface area contributed by atoms with E-state index in [1.165, 1.54) is 11.9 Å². The Labute approximate surface area is 186 Å². The first-order valence-corrected chi connectivity index (χ1v) is 10.4. The molecular weight excluding hydrogens is 404 g/mol. The first-order chi connectivity index (χ1) is 15.5. The van der Waals surface area contributed by atoms with Crippen molar-refractivity contribution in [1.82, 2.24) is 14.5 Å². The third-order valence-electron chi connectivity index (χ3n) is 5.36. The molecule has 164 valence electrons. The van der Waals surface area contributed by atoms with Gasteiger partial charge in [-0.15, -0.1) is 0 Å². The van der Waals surface area contributed by atoms with Gasteiger partial charge in [-0.3, -0.25) is 0 Å². The van der Waals surface area contributed by atoms with Crippen LogP contribution in [-0.4, -0.2) is 27.7 Å². The summed E-state index contributed by atoms with van der Waals surface area (Å²) in [6.45, 7) is 4.21. The average molecular weight is 431 g/mol. The van der Waals surface area contributed by atoms with Crippen molar-refractivity contribution >= 4 is 34.3 Å². The summed E-state index contributed by atoms with van der Waals surface area (Å²) in [5, 5.41) is 5.65. The van der Waals surface area contributed by atoms with Crippen LogP contribution in [0, 0.1) is 6.92 Å². The van der Waals surface area contributed by atoms with Crippen LogP contribution >= 0.6 is 0 Å². The van der Waals surface area contributed by atoms with E-state index in [0.29, 0.717) is 17.2 Å². The molecule has 0 saturated heterocycles. The molecule has 0 atom stereocenters. The monoisotopic (exact) mass is 430 g/mol. The summed E-state index contributed by atoms with van der Waals surface area (Å²) in [6.07, 6.45) is 3.43. The third-order valence-corrected chi connectivity index (χ3v) is 5.36. The normalized spacial score (nSPS) is 10.8. The molecule has 2 heterocycles. The molecule has 0 unspecified atom stereocenters. The quantitative estimate of drug-likeness (QED) is 0.403. The summed E-state index contributed by atoms with van der Waals surface area (Å²) in [5.41, 5.74) is 12.5. The largest absolute Gasteiger partial charge is 0.497 e. The van der Waals surface area contributed by atoms with Crippen LogP contribution in [0.25, 0.3) is 16.7 Å². The summed E-state index contributed by atoms with van der Waals surface area (Å²) in [4.78, 5) is 21.0. The molecular formula is C24H26N6O2. The van der Waals surface area contributed by atoms with Gasteiger partial charge in [0.2, 0.25) is 0 Å². The average Bonchev–Trinajstić information content (AvgIpc) is 3.08. The molecule has 2 amide bonds. The second-order valence-corrected chi connectivity index (χ2v) is 7.46. The number of methoxy groups -OCH3 is 1. The fraction of sp³-hybridized carbons (Fsp3) is 0.208. The van der Waals surface area contributed by atoms with E-state index >= 15 is 0 Å². The first-order valence-electron chi connectivity index (χ1n) is 10.4. The number of ether oxygens (including phenoxy) is 1. The molecule has 0 aliphatic rings. The standard InChI is InChI=1S/C24H26N6O2/c1-4-5-20-15(2)30(22-21(20)26-14-27-23(22)25)18-10-6-16(7-11-18)28-24(31)29-17-8-12-19(32-3)13-9-17/h6-14H,4-5H2,1-3H3,(H2,25,26,27)(H2,28,29,31). The lowest BCUT2D eigenvalue weighted by molar-refractivity contribution is 0.262. The number of aryl methyl sites for hydroxylation is 1. The van der Waals surface area contributed by atoms with Crippen molar-refractivity contribution in [1.29, 1.82) is 0 Å². The molecule has 4 N–H and O–H groups in total. The van der Waals surface area contributed by atoms with Gasteiger partial charge in [0.05, 0.1) is 12.6 Å². The molecule has 0 aliphatic heterocycles. The number of amides is 2. The smallest absolute Gasteiger partial charge is 0.323 e. The highest BCUT2D eigenvalue weighted by Gasteiger charge is 2.18. The topological polar surface area (TPSA) is 107 Å². The number of carbonyl (C=O) groups is 1. The maximum Gasteiger partial charge on any atom is 0.323 e. The van der Waals surface area contributed by atoms with Gasteiger partial charge in [0, 0.05) is 22.8 Å². The fourth-order valence-corrected chi connectivity index (χ4v) is 3.84. The van der Waals surface area contributed by atoms with Crippen LogP contribution in [0.1, 0.15) is 24.6 Å². The highest BCUT2D eigenvalue weighted by atomic mass is 16.5. The molecule has 0 aliphatic carbocycles. The highest BCUT2D eigenvalue weighted by molar-refractivity contribution is 5.99. The lowest BCUT2D eigenvalue weighted by Crippen LogP contribution is -2.19. The molecule has 0 fully saturated rings. The molecule has 4 rings (SSSR count). The van der Waals surface area contributed by atoms with E-state index in [1.807, 2.05) is 24.3 Å². The molecule has 8 heteroatoms. The van der Waals surface area contributed by atoms with Gasteiger partial charge in [0.15, 0.2) is 5.82 Å². The number of urea groups is 1. The van der Waals surface area contributed by atoms with Crippen LogP contribution in [0.4, 0.5) is 22.0 Å². The van der Waals surface area contributed by atoms with Gasteiger partial charge >= 0.3 is 6.03 Å². The van der Waals surface area contributed by atoms with Gasteiger partial charge in [0.1, 0.15) is 17.6 Å². The van der Waals surface area contributed by atoms with Crippen molar-refractivity contribution in [2.24, 2.45) is 0 Å². The lowest BCUT2D eigenvalue weighted by atomic mass is 10.1. The molecule has 2 aromatic carbocycles. The number of fused-ring (bicyclic) bond motifs is 1. The van der Waals surface area contributed by atoms with Crippen molar-refractivity contribution in [2.75, 3.05) is 23.5 Å². The number of nitrogens with one attached hydrogen (secondary N) is 2. The van der Waals surface area contributed by atoms with E-state index in [0.717, 1.165) is 41.0 Å². The van der Waals surface area contributed by atoms with Gasteiger partial charge in [-0.05, 0) is 67.4 Å². The minimum Gasteiger partial charge on any atom is -0.497 e. The Morgan fingerprint density at radius 1 is 1.03 bits per heavy atom. The summed E-state index contributed by atoms with van der Waals surface area (Å²) in [6, 6.07) is 14.4. The Morgan fingerprint density at radius 2 is 1.66 bits per heavy atom. The van der Waals surface area contributed by atoms with Crippen LogP contribution in [0.2, 0.25) is 0 Å². The van der Waals surface area contributed by atoms with Crippen LogP contribution < -0.4 is 21.1 Å². The second kappa shape index (κ2) is 8.97. The van der Waals surface area contributed by atoms with Crippen molar-refractivity contribution in [3.8, 4) is 11.4 Å². The maximum absolute atomic E-state index is 12.3. The predicted molar refractivity (Wildman–Crippen MR) is 128 cm³/mol. The predicted octanol–water partition coefficient (Wildman–Crippen LogP) is 4.92. The summed E-state index contributed by atoms with van der Waals surface area (Å²) in [5.74, 6) is 1.18. The van der Waals surface area contributed by atoms with E-state index < -0.39 is 0 Å². The Morgan fingerprint density at radius 3 is 2.25 bits per heavy atom. The number of hydrogen-bond acceptors (Lipinski definition) is 5.